The number of carbonyl (C=O) groups excluding carboxylic acids is 1. The van der Waals surface area contributed by atoms with Crippen LogP contribution in [-0.2, 0) is 29.7 Å². The van der Waals surface area contributed by atoms with Crippen LogP contribution in [-0.4, -0.2) is 101 Å². The number of Topliss-reactive ketones (excluding diaryl/α,β-unsaturated/α-hetero) is 1. The number of ether oxygens (including phenoxy) is 2. The number of hydrogen-bond acceptors (Lipinski definition) is 9. The average Bonchev–Trinajstić information content (AvgIpc) is 2.58. The molecule has 1 aromatic carbocycles. The van der Waals surface area contributed by atoms with Crippen molar-refractivity contribution in [2.24, 2.45) is 0 Å². The van der Waals surface area contributed by atoms with E-state index in [0.717, 1.165) is 14.2 Å². The van der Waals surface area contributed by atoms with E-state index in [1.807, 2.05) is 0 Å². The van der Waals surface area contributed by atoms with Gasteiger partial charge in [-0.25, -0.2) is 0 Å². The van der Waals surface area contributed by atoms with Gasteiger partial charge in [-0.2, -0.15) is 16.8 Å². The van der Waals surface area contributed by atoms with Gasteiger partial charge in [-0.15, -0.1) is 0 Å². The molecular formula is C15H19NaO11S2. The zero-order valence-corrected chi connectivity index (χ0v) is 16.3. The molecule has 158 valence electrons. The molecular weight excluding hydrogens is 443 g/mol. The SMILES string of the molecule is COC1(OC)CC(O)(O)C(C(=O)c2ccccc2)=CC1(S(=O)(=O)O)S(=O)(=O)O.[NaH]. The quantitative estimate of drug-likeness (QED) is 0.170. The van der Waals surface area contributed by atoms with Crippen LogP contribution in [0, 0.1) is 0 Å². The van der Waals surface area contributed by atoms with Gasteiger partial charge in [0.25, 0.3) is 24.3 Å². The van der Waals surface area contributed by atoms with Crippen molar-refractivity contribution in [2.45, 2.75) is 22.1 Å². The summed E-state index contributed by atoms with van der Waals surface area (Å²) in [7, 11) is -10.1. The van der Waals surface area contributed by atoms with Gasteiger partial charge in [0.15, 0.2) is 11.6 Å². The fourth-order valence-electron chi connectivity index (χ4n) is 3.14. The summed E-state index contributed by atoms with van der Waals surface area (Å²) >= 11 is 0. The van der Waals surface area contributed by atoms with E-state index in [4.69, 9.17) is 9.47 Å². The third kappa shape index (κ3) is 4.09. The van der Waals surface area contributed by atoms with E-state index in [1.165, 1.54) is 24.3 Å². The van der Waals surface area contributed by atoms with Crippen molar-refractivity contribution in [3.8, 4) is 0 Å². The summed E-state index contributed by atoms with van der Waals surface area (Å²) in [5.41, 5.74) is -1.28. The Morgan fingerprint density at radius 3 is 1.79 bits per heavy atom. The molecule has 29 heavy (non-hydrogen) atoms. The van der Waals surface area contributed by atoms with Gasteiger partial charge in [0, 0.05) is 19.8 Å². The molecule has 0 spiro atoms. The van der Waals surface area contributed by atoms with Crippen LogP contribution in [0.4, 0.5) is 0 Å². The summed E-state index contributed by atoms with van der Waals surface area (Å²) < 4.78 is 73.8. The first-order valence-corrected chi connectivity index (χ1v) is 10.4. The van der Waals surface area contributed by atoms with E-state index in [-0.39, 0.29) is 41.2 Å². The Hall–Kier alpha value is -0.710. The molecule has 0 aliphatic heterocycles. The molecule has 0 amide bonds. The fourth-order valence-corrected chi connectivity index (χ4v) is 6.00. The van der Waals surface area contributed by atoms with Gasteiger partial charge in [-0.3, -0.25) is 13.9 Å². The molecule has 0 unspecified atom stereocenters. The summed E-state index contributed by atoms with van der Waals surface area (Å²) in [6.45, 7) is 0. The Morgan fingerprint density at radius 2 is 1.41 bits per heavy atom. The number of carbonyl (C=O) groups is 1. The van der Waals surface area contributed by atoms with Gasteiger partial charge in [-0.05, 0) is 6.08 Å². The van der Waals surface area contributed by atoms with Crippen LogP contribution in [0.5, 0.6) is 0 Å². The summed E-state index contributed by atoms with van der Waals surface area (Å²) in [6, 6.07) is 6.87. The van der Waals surface area contributed by atoms with Crippen LogP contribution in [0.1, 0.15) is 16.8 Å². The monoisotopic (exact) mass is 462 g/mol. The number of hydrogen-bond donors (Lipinski definition) is 4. The number of aliphatic hydroxyl groups is 2. The third-order valence-corrected chi connectivity index (χ3v) is 8.14. The van der Waals surface area contributed by atoms with Gasteiger partial charge >= 0.3 is 29.6 Å². The molecule has 1 aliphatic rings. The average molecular weight is 462 g/mol. The maximum atomic E-state index is 12.7. The van der Waals surface area contributed by atoms with Crippen LogP contribution < -0.4 is 0 Å². The van der Waals surface area contributed by atoms with Crippen LogP contribution in [0.2, 0.25) is 0 Å². The second-order valence-electron chi connectivity index (χ2n) is 6.03. The normalized spacial score (nSPS) is 20.3. The predicted octanol–water partition coefficient (Wildman–Crippen LogP) is -1.31. The van der Waals surface area contributed by atoms with Crippen molar-refractivity contribution in [3.05, 3.63) is 47.5 Å². The van der Waals surface area contributed by atoms with Crippen molar-refractivity contribution in [2.75, 3.05) is 14.2 Å². The maximum absolute atomic E-state index is 12.7. The molecule has 0 saturated heterocycles. The van der Waals surface area contributed by atoms with Gasteiger partial charge in [0.1, 0.15) is 0 Å². The Bertz CT molecular complexity index is 978. The number of benzene rings is 1. The number of methoxy groups -OCH3 is 2. The summed E-state index contributed by atoms with van der Waals surface area (Å²) in [6.07, 6.45) is -1.35. The van der Waals surface area contributed by atoms with E-state index >= 15 is 0 Å². The van der Waals surface area contributed by atoms with Gasteiger partial charge in [0.05, 0.1) is 12.0 Å². The number of ketones is 1. The summed E-state index contributed by atoms with van der Waals surface area (Å²) in [4.78, 5) is 12.7. The Balaban J connectivity index is 0.00000420. The Kier molecular flexibility index (Phi) is 7.66. The molecule has 0 bridgehead atoms. The standard InChI is InChI=1S/C15H18O11S2.Na.H/c1-25-14(26-2)9-13(17,18)11(12(16)10-6-4-3-5-7-10)8-15(14,27(19,20)21)28(22,23)24;;/h3-8,17-18H,9H2,1-2H3,(H,19,20,21)(H,22,23,24);;. The van der Waals surface area contributed by atoms with Crippen molar-refractivity contribution in [3.63, 3.8) is 0 Å². The molecule has 14 heteroatoms. The molecule has 1 aromatic rings. The van der Waals surface area contributed by atoms with Gasteiger partial charge < -0.3 is 19.7 Å². The van der Waals surface area contributed by atoms with Crippen molar-refractivity contribution >= 4 is 55.6 Å². The zero-order valence-electron chi connectivity index (χ0n) is 14.6. The minimum atomic E-state index is -5.81. The summed E-state index contributed by atoms with van der Waals surface area (Å²) in [5.74, 6) is -7.32. The first-order valence-electron chi connectivity index (χ1n) is 7.51. The van der Waals surface area contributed by atoms with Crippen molar-refractivity contribution < 1.29 is 50.4 Å². The van der Waals surface area contributed by atoms with Crippen molar-refractivity contribution in [1.29, 1.82) is 0 Å². The molecule has 0 saturated carbocycles. The zero-order chi connectivity index (χ0) is 21.6. The van der Waals surface area contributed by atoms with E-state index < -0.39 is 53.7 Å². The van der Waals surface area contributed by atoms with Crippen LogP contribution >= 0.6 is 0 Å². The molecule has 0 heterocycles. The molecule has 2 rings (SSSR count). The van der Waals surface area contributed by atoms with Crippen LogP contribution in [0.3, 0.4) is 0 Å². The Labute approximate surface area is 189 Å². The first kappa shape index (κ1) is 26.3. The van der Waals surface area contributed by atoms with E-state index in [9.17, 15) is 40.9 Å². The summed E-state index contributed by atoms with van der Waals surface area (Å²) in [5, 5.41) is 20.8. The molecule has 4 N–H and O–H groups in total. The first-order chi connectivity index (χ1) is 12.7. The van der Waals surface area contributed by atoms with E-state index in [0.29, 0.717) is 0 Å². The van der Waals surface area contributed by atoms with Gasteiger partial charge in [-0.1, -0.05) is 30.3 Å². The molecule has 0 fully saturated rings. The predicted molar refractivity (Wildman–Crippen MR) is 100 cm³/mol. The minimum absolute atomic E-state index is 0. The number of rotatable bonds is 6. The van der Waals surface area contributed by atoms with Crippen LogP contribution in [0.25, 0.3) is 0 Å². The topological polar surface area (TPSA) is 185 Å². The van der Waals surface area contributed by atoms with E-state index in [1.54, 1.807) is 6.07 Å². The third-order valence-electron chi connectivity index (χ3n) is 4.48. The fraction of sp³-hybridized carbons (Fsp3) is 0.400. The molecule has 0 radical (unpaired) electrons. The second-order valence-corrected chi connectivity index (χ2v) is 9.47. The second kappa shape index (κ2) is 8.43. The molecule has 0 aromatic heterocycles. The molecule has 0 atom stereocenters. The Morgan fingerprint density at radius 1 is 0.966 bits per heavy atom. The molecule has 1 aliphatic carbocycles. The van der Waals surface area contributed by atoms with Crippen LogP contribution in [0.15, 0.2) is 42.0 Å². The van der Waals surface area contributed by atoms with Crippen molar-refractivity contribution in [1.82, 2.24) is 0 Å². The van der Waals surface area contributed by atoms with E-state index in [2.05, 4.69) is 0 Å². The molecule has 11 nitrogen and oxygen atoms in total. The van der Waals surface area contributed by atoms with Gasteiger partial charge in [0.2, 0.25) is 5.79 Å².